The van der Waals surface area contributed by atoms with Gasteiger partial charge in [0, 0.05) is 30.7 Å². The van der Waals surface area contributed by atoms with Gasteiger partial charge in [0.1, 0.15) is 0 Å². The van der Waals surface area contributed by atoms with E-state index in [1.807, 2.05) is 7.11 Å². The number of hydrogen-bond donors (Lipinski definition) is 2. The van der Waals surface area contributed by atoms with E-state index in [0.717, 1.165) is 12.5 Å². The maximum Gasteiger partial charge on any atom is 0.0652 e. The van der Waals surface area contributed by atoms with Gasteiger partial charge in [-0.3, -0.25) is 0 Å². The highest BCUT2D eigenvalue weighted by atomic mass is 16.5. The molecule has 0 bridgehead atoms. The molecule has 1 saturated carbocycles. The first-order valence-corrected chi connectivity index (χ1v) is 7.06. The molecule has 4 unspecified atom stereocenters. The van der Waals surface area contributed by atoms with E-state index in [9.17, 15) is 0 Å². The Morgan fingerprint density at radius 1 is 1.47 bits per heavy atom. The standard InChI is InChI=1S/C14H28N2O/c1-10(8-11-6-5-7-15-11)16-12-9-13(17-4)14(12,2)3/h10-13,15-16H,5-9H2,1-4H3. The van der Waals surface area contributed by atoms with E-state index < -0.39 is 0 Å². The molecule has 0 aromatic carbocycles. The van der Waals surface area contributed by atoms with Crippen LogP contribution in [0.25, 0.3) is 0 Å². The highest BCUT2D eigenvalue weighted by molar-refractivity contribution is 5.03. The van der Waals surface area contributed by atoms with Crippen LogP contribution >= 0.6 is 0 Å². The number of rotatable bonds is 5. The predicted molar refractivity (Wildman–Crippen MR) is 71.2 cm³/mol. The minimum absolute atomic E-state index is 0.284. The van der Waals surface area contributed by atoms with Gasteiger partial charge in [0.25, 0.3) is 0 Å². The molecule has 0 amide bonds. The van der Waals surface area contributed by atoms with Crippen LogP contribution in [-0.4, -0.2) is 37.9 Å². The largest absolute Gasteiger partial charge is 0.381 e. The Labute approximate surface area is 106 Å². The van der Waals surface area contributed by atoms with E-state index in [-0.39, 0.29) is 5.41 Å². The topological polar surface area (TPSA) is 33.3 Å². The summed E-state index contributed by atoms with van der Waals surface area (Å²) in [7, 11) is 1.83. The molecule has 100 valence electrons. The Bertz CT molecular complexity index is 249. The maximum atomic E-state index is 5.49. The van der Waals surface area contributed by atoms with Crippen LogP contribution in [-0.2, 0) is 4.74 Å². The second-order valence-electron chi connectivity index (χ2n) is 6.43. The number of methoxy groups -OCH3 is 1. The fourth-order valence-electron chi connectivity index (χ4n) is 3.36. The summed E-state index contributed by atoms with van der Waals surface area (Å²) in [5.74, 6) is 0. The van der Waals surface area contributed by atoms with Gasteiger partial charge in [-0.1, -0.05) is 13.8 Å². The van der Waals surface area contributed by atoms with Gasteiger partial charge in [-0.25, -0.2) is 0 Å². The SMILES string of the molecule is COC1CC(NC(C)CC2CCCN2)C1(C)C. The van der Waals surface area contributed by atoms with Gasteiger partial charge in [0.05, 0.1) is 6.10 Å². The molecule has 2 rings (SSSR count). The third-order valence-electron chi connectivity index (χ3n) is 4.75. The Kier molecular flexibility index (Phi) is 4.11. The lowest BCUT2D eigenvalue weighted by molar-refractivity contribution is -0.100. The molecule has 1 heterocycles. The van der Waals surface area contributed by atoms with Crippen LogP contribution in [0.2, 0.25) is 0 Å². The first-order chi connectivity index (χ1) is 8.04. The Morgan fingerprint density at radius 2 is 2.24 bits per heavy atom. The molecule has 2 aliphatic rings. The minimum atomic E-state index is 0.284. The highest BCUT2D eigenvalue weighted by Crippen LogP contribution is 2.42. The molecule has 0 aromatic rings. The molecule has 3 nitrogen and oxygen atoms in total. The zero-order chi connectivity index (χ0) is 12.5. The summed E-state index contributed by atoms with van der Waals surface area (Å²) in [5, 5.41) is 7.35. The van der Waals surface area contributed by atoms with Crippen molar-refractivity contribution >= 4 is 0 Å². The smallest absolute Gasteiger partial charge is 0.0652 e. The van der Waals surface area contributed by atoms with Gasteiger partial charge in [-0.15, -0.1) is 0 Å². The van der Waals surface area contributed by atoms with Crippen molar-refractivity contribution in [2.24, 2.45) is 5.41 Å². The molecule has 4 atom stereocenters. The van der Waals surface area contributed by atoms with Gasteiger partial charge in [-0.2, -0.15) is 0 Å². The lowest BCUT2D eigenvalue weighted by Gasteiger charge is -2.52. The monoisotopic (exact) mass is 240 g/mol. The van der Waals surface area contributed by atoms with E-state index >= 15 is 0 Å². The molecule has 2 fully saturated rings. The maximum absolute atomic E-state index is 5.49. The van der Waals surface area contributed by atoms with Gasteiger partial charge in [0.2, 0.25) is 0 Å². The van der Waals surface area contributed by atoms with E-state index in [4.69, 9.17) is 4.74 Å². The molecule has 17 heavy (non-hydrogen) atoms. The zero-order valence-corrected chi connectivity index (χ0v) is 11.8. The van der Waals surface area contributed by atoms with Crippen LogP contribution in [0.15, 0.2) is 0 Å². The van der Waals surface area contributed by atoms with Crippen molar-refractivity contribution in [2.75, 3.05) is 13.7 Å². The molecule has 0 spiro atoms. The van der Waals surface area contributed by atoms with Crippen molar-refractivity contribution in [2.45, 2.75) is 70.7 Å². The first kappa shape index (κ1) is 13.3. The zero-order valence-electron chi connectivity index (χ0n) is 11.8. The molecule has 1 aliphatic carbocycles. The van der Waals surface area contributed by atoms with Crippen molar-refractivity contribution in [1.82, 2.24) is 10.6 Å². The summed E-state index contributed by atoms with van der Waals surface area (Å²) in [6.45, 7) is 8.14. The van der Waals surface area contributed by atoms with Gasteiger partial charge in [0.15, 0.2) is 0 Å². The predicted octanol–water partition coefficient (Wildman–Crippen LogP) is 1.92. The number of hydrogen-bond acceptors (Lipinski definition) is 3. The molecule has 0 radical (unpaired) electrons. The fraction of sp³-hybridized carbons (Fsp3) is 1.00. The van der Waals surface area contributed by atoms with Crippen LogP contribution in [0.4, 0.5) is 0 Å². The summed E-state index contributed by atoms with van der Waals surface area (Å²) in [4.78, 5) is 0. The van der Waals surface area contributed by atoms with Gasteiger partial charge >= 0.3 is 0 Å². The van der Waals surface area contributed by atoms with Crippen molar-refractivity contribution in [1.29, 1.82) is 0 Å². The average Bonchev–Trinajstić information content (AvgIpc) is 2.76. The fourth-order valence-corrected chi connectivity index (χ4v) is 3.36. The van der Waals surface area contributed by atoms with E-state index in [2.05, 4.69) is 31.4 Å². The van der Waals surface area contributed by atoms with E-state index in [1.165, 1.54) is 25.8 Å². The lowest BCUT2D eigenvalue weighted by atomic mass is 9.64. The van der Waals surface area contributed by atoms with Crippen molar-refractivity contribution < 1.29 is 4.74 Å². The van der Waals surface area contributed by atoms with Crippen molar-refractivity contribution in [3.05, 3.63) is 0 Å². The van der Waals surface area contributed by atoms with Crippen molar-refractivity contribution in [3.63, 3.8) is 0 Å². The van der Waals surface area contributed by atoms with Gasteiger partial charge in [-0.05, 0) is 39.2 Å². The number of nitrogens with one attached hydrogen (secondary N) is 2. The Morgan fingerprint density at radius 3 is 2.76 bits per heavy atom. The first-order valence-electron chi connectivity index (χ1n) is 7.06. The third kappa shape index (κ3) is 2.83. The quantitative estimate of drug-likeness (QED) is 0.770. The average molecular weight is 240 g/mol. The second kappa shape index (κ2) is 5.25. The van der Waals surface area contributed by atoms with Gasteiger partial charge < -0.3 is 15.4 Å². The highest BCUT2D eigenvalue weighted by Gasteiger charge is 2.48. The lowest BCUT2D eigenvalue weighted by Crippen LogP contribution is -2.62. The molecule has 1 saturated heterocycles. The Hall–Kier alpha value is -0.120. The summed E-state index contributed by atoms with van der Waals surface area (Å²) in [6, 6.07) is 1.95. The summed E-state index contributed by atoms with van der Waals surface area (Å²) < 4.78 is 5.49. The van der Waals surface area contributed by atoms with Crippen LogP contribution in [0.5, 0.6) is 0 Å². The minimum Gasteiger partial charge on any atom is -0.381 e. The van der Waals surface area contributed by atoms with E-state index in [0.29, 0.717) is 18.2 Å². The summed E-state index contributed by atoms with van der Waals surface area (Å²) in [6.07, 6.45) is 5.53. The Balaban J connectivity index is 1.74. The number of ether oxygens (including phenoxy) is 1. The third-order valence-corrected chi connectivity index (χ3v) is 4.75. The van der Waals surface area contributed by atoms with Crippen LogP contribution < -0.4 is 10.6 Å². The molecule has 0 aromatic heterocycles. The van der Waals surface area contributed by atoms with Crippen LogP contribution in [0.1, 0.15) is 46.5 Å². The molecule has 1 aliphatic heterocycles. The molecular formula is C14H28N2O. The van der Waals surface area contributed by atoms with Crippen LogP contribution in [0.3, 0.4) is 0 Å². The summed E-state index contributed by atoms with van der Waals surface area (Å²) >= 11 is 0. The summed E-state index contributed by atoms with van der Waals surface area (Å²) in [5.41, 5.74) is 0.284. The van der Waals surface area contributed by atoms with Crippen LogP contribution in [0, 0.1) is 5.41 Å². The van der Waals surface area contributed by atoms with E-state index in [1.54, 1.807) is 0 Å². The molecule has 2 N–H and O–H groups in total. The molecular weight excluding hydrogens is 212 g/mol. The normalized spacial score (nSPS) is 37.8. The molecule has 3 heteroatoms. The van der Waals surface area contributed by atoms with Crippen molar-refractivity contribution in [3.8, 4) is 0 Å². The second-order valence-corrected chi connectivity index (χ2v) is 6.43.